The molecule has 0 N–H and O–H groups in total. The van der Waals surface area contributed by atoms with Crippen molar-refractivity contribution in [3.63, 3.8) is 0 Å². The Kier molecular flexibility index (Phi) is 2.86. The normalized spacial score (nSPS) is 21.1. The maximum atomic E-state index is 12.4. The molecule has 0 bridgehead atoms. The Bertz CT molecular complexity index is 393. The topological polar surface area (TPSA) is 49.0 Å². The number of hydrogen-bond acceptors (Lipinski definition) is 3. The Morgan fingerprint density at radius 2 is 2.47 bits per heavy atom. The van der Waals surface area contributed by atoms with Gasteiger partial charge in [-0.2, -0.15) is 5.10 Å². The molecule has 1 aromatic heterocycles. The van der Waals surface area contributed by atoms with E-state index in [9.17, 15) is 9.18 Å². The highest BCUT2D eigenvalue weighted by molar-refractivity contribution is 4.84. The second-order valence-corrected chi connectivity index (χ2v) is 3.71. The van der Waals surface area contributed by atoms with Gasteiger partial charge >= 0.3 is 5.69 Å². The highest BCUT2D eigenvalue weighted by Crippen LogP contribution is 2.12. The maximum absolute atomic E-state index is 12.4. The van der Waals surface area contributed by atoms with E-state index in [0.29, 0.717) is 6.54 Å². The first-order chi connectivity index (χ1) is 7.22. The molecule has 5 nitrogen and oxygen atoms in total. The third kappa shape index (κ3) is 1.94. The Hall–Kier alpha value is -1.17. The molecule has 84 valence electrons. The van der Waals surface area contributed by atoms with Crippen molar-refractivity contribution >= 4 is 0 Å². The molecule has 1 fully saturated rings. The second kappa shape index (κ2) is 4.14. The number of rotatable bonds is 3. The highest BCUT2D eigenvalue weighted by atomic mass is 19.1. The predicted molar refractivity (Wildman–Crippen MR) is 51.3 cm³/mol. The number of alkyl halides is 1. The first kappa shape index (κ1) is 10.4. The van der Waals surface area contributed by atoms with Crippen molar-refractivity contribution in [3.8, 4) is 0 Å². The fourth-order valence-corrected chi connectivity index (χ4v) is 1.75. The Morgan fingerprint density at radius 3 is 3.00 bits per heavy atom. The monoisotopic (exact) mass is 215 g/mol. The van der Waals surface area contributed by atoms with E-state index in [4.69, 9.17) is 4.74 Å². The highest BCUT2D eigenvalue weighted by Gasteiger charge is 2.19. The number of ether oxygens (including phenoxy) is 1. The minimum absolute atomic E-state index is 0.0464. The van der Waals surface area contributed by atoms with Crippen molar-refractivity contribution in [2.75, 3.05) is 6.61 Å². The first-order valence-corrected chi connectivity index (χ1v) is 5.02. The lowest BCUT2D eigenvalue weighted by atomic mass is 10.2. The average molecular weight is 215 g/mol. The summed E-state index contributed by atoms with van der Waals surface area (Å²) in [6.07, 6.45) is 2.00. The van der Waals surface area contributed by atoms with Crippen molar-refractivity contribution in [3.05, 3.63) is 16.3 Å². The summed E-state index contributed by atoms with van der Waals surface area (Å²) in [7, 11) is 1.52. The zero-order valence-electron chi connectivity index (χ0n) is 8.65. The van der Waals surface area contributed by atoms with E-state index in [1.807, 2.05) is 0 Å². The molecule has 1 aliphatic heterocycles. The molecule has 0 radical (unpaired) electrons. The van der Waals surface area contributed by atoms with E-state index in [2.05, 4.69) is 5.10 Å². The van der Waals surface area contributed by atoms with E-state index in [1.54, 1.807) is 0 Å². The van der Waals surface area contributed by atoms with Gasteiger partial charge in [0.25, 0.3) is 0 Å². The molecule has 0 aromatic carbocycles. The van der Waals surface area contributed by atoms with Gasteiger partial charge in [0.05, 0.1) is 12.6 Å². The molecule has 2 rings (SSSR count). The summed E-state index contributed by atoms with van der Waals surface area (Å²) in [5.41, 5.74) is -0.279. The summed E-state index contributed by atoms with van der Waals surface area (Å²) >= 11 is 0. The molecule has 1 saturated heterocycles. The largest absolute Gasteiger partial charge is 0.376 e. The second-order valence-electron chi connectivity index (χ2n) is 3.71. The smallest absolute Gasteiger partial charge is 0.345 e. The van der Waals surface area contributed by atoms with E-state index >= 15 is 0 Å². The van der Waals surface area contributed by atoms with Crippen molar-refractivity contribution in [1.82, 2.24) is 14.3 Å². The SMILES string of the molecule is Cn1c(CF)nn(CC2CCCO2)c1=O. The van der Waals surface area contributed by atoms with E-state index < -0.39 is 6.67 Å². The van der Waals surface area contributed by atoms with Crippen molar-refractivity contribution in [1.29, 1.82) is 0 Å². The Balaban J connectivity index is 2.17. The van der Waals surface area contributed by atoms with E-state index in [0.717, 1.165) is 19.4 Å². The van der Waals surface area contributed by atoms with Crippen molar-refractivity contribution in [2.24, 2.45) is 7.05 Å². The maximum Gasteiger partial charge on any atom is 0.345 e. The molecule has 0 spiro atoms. The van der Waals surface area contributed by atoms with Crippen LogP contribution >= 0.6 is 0 Å². The predicted octanol–water partition coefficient (Wildman–Crippen LogP) is 0.230. The minimum Gasteiger partial charge on any atom is -0.376 e. The fourth-order valence-electron chi connectivity index (χ4n) is 1.75. The summed E-state index contributed by atoms with van der Waals surface area (Å²) in [4.78, 5) is 11.6. The molecule has 15 heavy (non-hydrogen) atoms. The summed E-state index contributed by atoms with van der Waals surface area (Å²) in [5.74, 6) is 0.165. The number of aromatic nitrogens is 3. The van der Waals surface area contributed by atoms with Crippen LogP contribution in [0.4, 0.5) is 4.39 Å². The minimum atomic E-state index is -0.718. The molecule has 1 aliphatic rings. The van der Waals surface area contributed by atoms with Gasteiger partial charge in [-0.05, 0) is 12.8 Å². The van der Waals surface area contributed by atoms with Crippen LogP contribution in [0.2, 0.25) is 0 Å². The summed E-state index contributed by atoms with van der Waals surface area (Å²) in [6, 6.07) is 0. The van der Waals surface area contributed by atoms with Crippen LogP contribution in [0, 0.1) is 0 Å². The molecule has 6 heteroatoms. The zero-order valence-corrected chi connectivity index (χ0v) is 8.65. The summed E-state index contributed by atoms with van der Waals surface area (Å²) < 4.78 is 20.3. The van der Waals surface area contributed by atoms with Crippen LogP contribution in [0.5, 0.6) is 0 Å². The van der Waals surface area contributed by atoms with Gasteiger partial charge in [0.15, 0.2) is 5.82 Å². The van der Waals surface area contributed by atoms with Crippen LogP contribution in [0.25, 0.3) is 0 Å². The molecule has 2 heterocycles. The Labute approximate surface area is 86.5 Å². The lowest BCUT2D eigenvalue weighted by molar-refractivity contribution is 0.0928. The molecule has 0 aliphatic carbocycles. The van der Waals surface area contributed by atoms with E-state index in [1.165, 1.54) is 16.3 Å². The molecular formula is C9H14FN3O2. The third-order valence-corrected chi connectivity index (χ3v) is 2.65. The molecule has 0 amide bonds. The quantitative estimate of drug-likeness (QED) is 0.725. The molecular weight excluding hydrogens is 201 g/mol. The number of nitrogens with zero attached hydrogens (tertiary/aromatic N) is 3. The van der Waals surface area contributed by atoms with Gasteiger partial charge in [-0.15, -0.1) is 0 Å². The number of halogens is 1. The van der Waals surface area contributed by atoms with Gasteiger partial charge in [-0.3, -0.25) is 4.57 Å². The lowest BCUT2D eigenvalue weighted by Gasteiger charge is -2.07. The molecule has 1 unspecified atom stereocenters. The van der Waals surface area contributed by atoms with Gasteiger partial charge in [-0.1, -0.05) is 0 Å². The number of hydrogen-bond donors (Lipinski definition) is 0. The zero-order chi connectivity index (χ0) is 10.8. The van der Waals surface area contributed by atoms with Crippen LogP contribution in [0.15, 0.2) is 4.79 Å². The van der Waals surface area contributed by atoms with E-state index in [-0.39, 0.29) is 17.6 Å². The van der Waals surface area contributed by atoms with Gasteiger partial charge in [0.1, 0.15) is 6.67 Å². The first-order valence-electron chi connectivity index (χ1n) is 5.02. The van der Waals surface area contributed by atoms with Crippen LogP contribution in [0.1, 0.15) is 18.7 Å². The van der Waals surface area contributed by atoms with Crippen molar-refractivity contribution < 1.29 is 9.13 Å². The van der Waals surface area contributed by atoms with Crippen LogP contribution in [-0.2, 0) is 25.0 Å². The van der Waals surface area contributed by atoms with Crippen LogP contribution < -0.4 is 5.69 Å². The van der Waals surface area contributed by atoms with Gasteiger partial charge in [0, 0.05) is 13.7 Å². The van der Waals surface area contributed by atoms with Crippen LogP contribution in [-0.4, -0.2) is 27.1 Å². The van der Waals surface area contributed by atoms with Gasteiger partial charge in [0.2, 0.25) is 0 Å². The lowest BCUT2D eigenvalue weighted by Crippen LogP contribution is -2.28. The molecule has 0 saturated carbocycles. The van der Waals surface area contributed by atoms with Crippen molar-refractivity contribution in [2.45, 2.75) is 32.2 Å². The van der Waals surface area contributed by atoms with Crippen LogP contribution in [0.3, 0.4) is 0 Å². The fraction of sp³-hybridized carbons (Fsp3) is 0.778. The third-order valence-electron chi connectivity index (χ3n) is 2.65. The molecule has 1 aromatic rings. The van der Waals surface area contributed by atoms with Gasteiger partial charge < -0.3 is 4.74 Å². The van der Waals surface area contributed by atoms with Gasteiger partial charge in [-0.25, -0.2) is 13.9 Å². The Morgan fingerprint density at radius 1 is 1.67 bits per heavy atom. The summed E-state index contributed by atoms with van der Waals surface area (Å²) in [6.45, 7) is 0.444. The summed E-state index contributed by atoms with van der Waals surface area (Å²) in [5, 5.41) is 3.90. The average Bonchev–Trinajstić information content (AvgIpc) is 2.82. The standard InChI is InChI=1S/C9H14FN3O2/c1-12-8(5-10)11-13(9(12)14)6-7-3-2-4-15-7/h7H,2-6H2,1H3. The molecule has 1 atom stereocenters.